The highest BCUT2D eigenvalue weighted by Gasteiger charge is 1.93. The lowest BCUT2D eigenvalue weighted by molar-refractivity contribution is 1.66. The molecule has 0 rings (SSSR count). The maximum atomic E-state index is 5.08. The zero-order chi connectivity index (χ0) is 8.53. The van der Waals surface area contributed by atoms with Crippen LogP contribution in [0.15, 0.2) is 24.8 Å². The van der Waals surface area contributed by atoms with Gasteiger partial charge in [-0.25, -0.2) is 0 Å². The second-order valence-electron chi connectivity index (χ2n) is 1.73. The van der Waals surface area contributed by atoms with Gasteiger partial charge in [0.2, 0.25) is 0 Å². The summed E-state index contributed by atoms with van der Waals surface area (Å²) in [6.45, 7) is 5.64. The molecule has 0 aromatic heterocycles. The average Bonchev–Trinajstić information content (AvgIpc) is 2.01. The van der Waals surface area contributed by atoms with E-state index in [-0.39, 0.29) is 0 Å². The van der Waals surface area contributed by atoms with Gasteiger partial charge in [-0.15, -0.1) is 30.1 Å². The van der Waals surface area contributed by atoms with Crippen LogP contribution in [0.4, 0.5) is 0 Å². The van der Waals surface area contributed by atoms with Gasteiger partial charge in [0.15, 0.2) is 0 Å². The lowest BCUT2D eigenvalue weighted by atomic mass is 10.6. The molecule has 0 radical (unpaired) electrons. The summed E-state index contributed by atoms with van der Waals surface area (Å²) in [4.78, 5) is 0. The minimum Gasteiger partial charge on any atom is -0.104 e. The van der Waals surface area contributed by atoms with Crippen LogP contribution in [0.5, 0.6) is 0 Å². The van der Waals surface area contributed by atoms with Crippen LogP contribution in [0.3, 0.4) is 0 Å². The van der Waals surface area contributed by atoms with Crippen LogP contribution in [0.2, 0.25) is 0 Å². The highest BCUT2D eigenvalue weighted by atomic mass is 32.2. The first-order valence-corrected chi connectivity index (χ1v) is 5.70. The predicted octanol–water partition coefficient (Wildman–Crippen LogP) is 3.50. The van der Waals surface area contributed by atoms with E-state index in [9.17, 15) is 0 Å². The van der Waals surface area contributed by atoms with Crippen molar-refractivity contribution in [2.45, 2.75) is 6.92 Å². The first kappa shape index (κ1) is 11.3. The molecule has 0 bridgehead atoms. The third-order valence-corrected chi connectivity index (χ3v) is 3.50. The van der Waals surface area contributed by atoms with E-state index in [1.165, 1.54) is 0 Å². The topological polar surface area (TPSA) is 0 Å². The van der Waals surface area contributed by atoms with Crippen molar-refractivity contribution in [1.29, 1.82) is 0 Å². The Hall–Kier alpha value is 0.270. The normalized spacial score (nSPS) is 10.3. The van der Waals surface area contributed by atoms with Crippen molar-refractivity contribution in [3.05, 3.63) is 24.8 Å². The summed E-state index contributed by atoms with van der Waals surface area (Å²) in [6.07, 6.45) is 6.01. The van der Waals surface area contributed by atoms with E-state index in [0.717, 1.165) is 15.0 Å². The number of rotatable bonds is 4. The monoisotopic (exact) mass is 204 g/mol. The van der Waals surface area contributed by atoms with E-state index in [0.29, 0.717) is 0 Å². The maximum Gasteiger partial charge on any atom is 0.104 e. The average molecular weight is 204 g/mol. The molecule has 62 valence electrons. The molecule has 0 aromatic rings. The fourth-order valence-corrected chi connectivity index (χ4v) is 2.21. The lowest BCUT2D eigenvalue weighted by Crippen LogP contribution is -1.82. The molecule has 0 aromatic carbocycles. The van der Waals surface area contributed by atoms with Gasteiger partial charge in [-0.3, -0.25) is 0 Å². The highest BCUT2D eigenvalue weighted by Crippen LogP contribution is 2.16. The Labute approximate surface area is 82.5 Å². The minimum absolute atomic E-state index is 0.918. The van der Waals surface area contributed by atoms with Gasteiger partial charge in [-0.1, -0.05) is 30.4 Å². The standard InChI is InChI=1S/C8H12S3/c1-3-5-7-11-8(9)10-6-4-2/h3-5H,2,6-7H2,1H3. The van der Waals surface area contributed by atoms with Gasteiger partial charge >= 0.3 is 0 Å². The van der Waals surface area contributed by atoms with Crippen LogP contribution in [0.1, 0.15) is 6.92 Å². The van der Waals surface area contributed by atoms with Gasteiger partial charge in [0.05, 0.1) is 0 Å². The van der Waals surface area contributed by atoms with Crippen molar-refractivity contribution < 1.29 is 0 Å². The fourth-order valence-electron chi connectivity index (χ4n) is 0.381. The zero-order valence-corrected chi connectivity index (χ0v) is 9.03. The summed E-state index contributed by atoms with van der Waals surface area (Å²) < 4.78 is 1.00. The first-order valence-electron chi connectivity index (χ1n) is 3.33. The van der Waals surface area contributed by atoms with Crippen molar-refractivity contribution in [2.75, 3.05) is 11.5 Å². The molecule has 0 N–H and O–H groups in total. The molecule has 0 nitrogen and oxygen atoms in total. The zero-order valence-electron chi connectivity index (χ0n) is 6.58. The predicted molar refractivity (Wildman–Crippen MR) is 62.5 cm³/mol. The van der Waals surface area contributed by atoms with E-state index in [1.54, 1.807) is 23.5 Å². The van der Waals surface area contributed by atoms with Crippen LogP contribution in [0, 0.1) is 0 Å². The summed E-state index contributed by atoms with van der Waals surface area (Å²) in [5, 5.41) is 0. The SMILES string of the molecule is C=CCSC(=S)SCC=CC. The van der Waals surface area contributed by atoms with E-state index in [1.807, 2.05) is 19.1 Å². The Balaban J connectivity index is 3.29. The van der Waals surface area contributed by atoms with Crippen molar-refractivity contribution >= 4 is 39.3 Å². The smallest absolute Gasteiger partial charge is 0.104 e. The summed E-state index contributed by atoms with van der Waals surface area (Å²) in [6, 6.07) is 0. The number of thiocarbonyl (C=S) groups is 1. The number of hydrogen-bond acceptors (Lipinski definition) is 3. The van der Waals surface area contributed by atoms with Crippen LogP contribution in [-0.4, -0.2) is 15.0 Å². The molecule has 0 spiro atoms. The van der Waals surface area contributed by atoms with Gasteiger partial charge in [0.1, 0.15) is 3.53 Å². The minimum atomic E-state index is 0.918. The molecule has 0 unspecified atom stereocenters. The van der Waals surface area contributed by atoms with Crippen LogP contribution >= 0.6 is 35.7 Å². The number of hydrogen-bond donors (Lipinski definition) is 0. The van der Waals surface area contributed by atoms with Crippen LogP contribution in [-0.2, 0) is 0 Å². The molecule has 0 aliphatic heterocycles. The Morgan fingerprint density at radius 2 is 2.09 bits per heavy atom. The van der Waals surface area contributed by atoms with Gasteiger partial charge in [0, 0.05) is 11.5 Å². The molecule has 0 fully saturated rings. The quantitative estimate of drug-likeness (QED) is 0.508. The molecule has 0 aliphatic rings. The molecule has 0 amide bonds. The van der Waals surface area contributed by atoms with E-state index in [4.69, 9.17) is 12.2 Å². The van der Waals surface area contributed by atoms with Crippen molar-refractivity contribution in [1.82, 2.24) is 0 Å². The van der Waals surface area contributed by atoms with Gasteiger partial charge in [0.25, 0.3) is 0 Å². The van der Waals surface area contributed by atoms with Gasteiger partial charge < -0.3 is 0 Å². The maximum absolute atomic E-state index is 5.08. The van der Waals surface area contributed by atoms with Crippen molar-refractivity contribution in [3.63, 3.8) is 0 Å². The molecular formula is C8H12S3. The molecule has 3 heteroatoms. The first-order chi connectivity index (χ1) is 5.31. The van der Waals surface area contributed by atoms with E-state index < -0.39 is 0 Å². The molecule has 0 saturated carbocycles. The molecule has 11 heavy (non-hydrogen) atoms. The van der Waals surface area contributed by atoms with Gasteiger partial charge in [-0.05, 0) is 6.92 Å². The Morgan fingerprint density at radius 1 is 1.45 bits per heavy atom. The third-order valence-electron chi connectivity index (χ3n) is 0.852. The largest absolute Gasteiger partial charge is 0.104 e. The molecule has 0 atom stereocenters. The van der Waals surface area contributed by atoms with Crippen LogP contribution < -0.4 is 0 Å². The molecule has 0 heterocycles. The number of thioether (sulfide) groups is 2. The second-order valence-corrected chi connectivity index (χ2v) is 4.97. The Bertz CT molecular complexity index is 149. The highest BCUT2D eigenvalue weighted by molar-refractivity contribution is 8.47. The van der Waals surface area contributed by atoms with Crippen molar-refractivity contribution in [2.24, 2.45) is 0 Å². The molecule has 0 saturated heterocycles. The molecular weight excluding hydrogens is 192 g/mol. The van der Waals surface area contributed by atoms with E-state index in [2.05, 4.69) is 12.7 Å². The van der Waals surface area contributed by atoms with Crippen molar-refractivity contribution in [3.8, 4) is 0 Å². The van der Waals surface area contributed by atoms with Crippen LogP contribution in [0.25, 0.3) is 0 Å². The molecule has 0 aliphatic carbocycles. The summed E-state index contributed by atoms with van der Waals surface area (Å²) in [5.74, 6) is 1.90. The fraction of sp³-hybridized carbons (Fsp3) is 0.375. The van der Waals surface area contributed by atoms with Gasteiger partial charge in [-0.2, -0.15) is 0 Å². The second kappa shape index (κ2) is 8.37. The summed E-state index contributed by atoms with van der Waals surface area (Å²) in [7, 11) is 0. The summed E-state index contributed by atoms with van der Waals surface area (Å²) in [5.41, 5.74) is 0. The number of allylic oxidation sites excluding steroid dienone is 1. The Kier molecular flexibility index (Phi) is 8.57. The summed E-state index contributed by atoms with van der Waals surface area (Å²) >= 11 is 8.45. The van der Waals surface area contributed by atoms with E-state index >= 15 is 0 Å². The lowest BCUT2D eigenvalue weighted by Gasteiger charge is -1.96. The Morgan fingerprint density at radius 3 is 2.64 bits per heavy atom. The third kappa shape index (κ3) is 8.17.